The Hall–Kier alpha value is -3.43. The van der Waals surface area contributed by atoms with Crippen LogP contribution in [0.15, 0.2) is 47.4 Å². The minimum absolute atomic E-state index is 0.0598. The molecule has 158 valence electrons. The Kier molecular flexibility index (Phi) is 6.04. The van der Waals surface area contributed by atoms with E-state index in [4.69, 9.17) is 4.74 Å². The van der Waals surface area contributed by atoms with Crippen molar-refractivity contribution < 1.29 is 32.3 Å². The van der Waals surface area contributed by atoms with Crippen LogP contribution in [0.2, 0.25) is 0 Å². The number of hydrogen-bond donors (Lipinski definition) is 0. The van der Waals surface area contributed by atoms with Gasteiger partial charge in [0.1, 0.15) is 6.54 Å². The molecule has 1 aromatic heterocycles. The monoisotopic (exact) mass is 422 g/mol. The highest BCUT2D eigenvalue weighted by Crippen LogP contribution is 2.28. The maximum absolute atomic E-state index is 12.7. The van der Waals surface area contributed by atoms with Gasteiger partial charge in [-0.25, -0.2) is 0 Å². The van der Waals surface area contributed by atoms with Crippen molar-refractivity contribution in [2.24, 2.45) is 0 Å². The van der Waals surface area contributed by atoms with Crippen molar-refractivity contribution in [1.29, 1.82) is 0 Å². The van der Waals surface area contributed by atoms with Gasteiger partial charge in [-0.3, -0.25) is 24.1 Å². The highest BCUT2D eigenvalue weighted by molar-refractivity contribution is 6.21. The summed E-state index contributed by atoms with van der Waals surface area (Å²) < 4.78 is 43.7. The zero-order chi connectivity index (χ0) is 21.9. The molecule has 0 bridgehead atoms. The molecule has 10 heteroatoms. The van der Waals surface area contributed by atoms with E-state index in [0.717, 1.165) is 11.0 Å². The van der Waals surface area contributed by atoms with Crippen molar-refractivity contribution >= 4 is 17.8 Å². The first-order chi connectivity index (χ1) is 14.2. The lowest BCUT2D eigenvalue weighted by Gasteiger charge is -2.13. The molecule has 7 nitrogen and oxygen atoms in total. The van der Waals surface area contributed by atoms with Crippen LogP contribution in [0, 0.1) is 0 Å². The SMILES string of the molecule is O=C(Cn1cc(C(F)(F)F)ccc1=O)OCCCCN1C(=O)c2ccccc2C1=O. The van der Waals surface area contributed by atoms with Crippen molar-refractivity contribution in [2.75, 3.05) is 13.2 Å². The third kappa shape index (κ3) is 4.58. The van der Waals surface area contributed by atoms with E-state index < -0.39 is 29.8 Å². The average Bonchev–Trinajstić information content (AvgIpc) is 2.93. The molecule has 1 aliphatic heterocycles. The van der Waals surface area contributed by atoms with Crippen LogP contribution in [0.4, 0.5) is 13.2 Å². The first-order valence-electron chi connectivity index (χ1n) is 9.07. The molecule has 0 N–H and O–H groups in total. The quantitative estimate of drug-likeness (QED) is 0.389. The third-order valence-electron chi connectivity index (χ3n) is 4.53. The normalized spacial score (nSPS) is 13.5. The van der Waals surface area contributed by atoms with Crippen molar-refractivity contribution in [3.8, 4) is 0 Å². The van der Waals surface area contributed by atoms with E-state index in [2.05, 4.69) is 0 Å². The number of nitrogens with zero attached hydrogens (tertiary/aromatic N) is 2. The Bertz CT molecular complexity index is 1010. The zero-order valence-corrected chi connectivity index (χ0v) is 15.6. The predicted molar refractivity (Wildman–Crippen MR) is 97.7 cm³/mol. The topological polar surface area (TPSA) is 85.7 Å². The van der Waals surface area contributed by atoms with Crippen molar-refractivity contribution in [3.05, 3.63) is 69.6 Å². The summed E-state index contributed by atoms with van der Waals surface area (Å²) in [7, 11) is 0. The summed E-state index contributed by atoms with van der Waals surface area (Å²) in [5.41, 5.74) is -1.11. The number of halogens is 3. The van der Waals surface area contributed by atoms with Gasteiger partial charge in [0, 0.05) is 18.8 Å². The molecule has 1 aliphatic rings. The Morgan fingerprint density at radius 3 is 2.17 bits per heavy atom. The number of fused-ring (bicyclic) bond motifs is 1. The predicted octanol–water partition coefficient (Wildman–Crippen LogP) is 2.49. The maximum atomic E-state index is 12.7. The number of aromatic nitrogens is 1. The van der Waals surface area contributed by atoms with Crippen LogP contribution in [-0.4, -0.2) is 40.4 Å². The number of esters is 1. The van der Waals surface area contributed by atoms with Gasteiger partial charge in [-0.15, -0.1) is 0 Å². The Morgan fingerprint density at radius 1 is 0.933 bits per heavy atom. The Morgan fingerprint density at radius 2 is 1.57 bits per heavy atom. The average molecular weight is 422 g/mol. The number of benzene rings is 1. The van der Waals surface area contributed by atoms with Gasteiger partial charge in [0.25, 0.3) is 17.4 Å². The van der Waals surface area contributed by atoms with Crippen LogP contribution in [0.25, 0.3) is 0 Å². The summed E-state index contributed by atoms with van der Waals surface area (Å²) in [6.45, 7) is -0.562. The maximum Gasteiger partial charge on any atom is 0.417 e. The molecule has 30 heavy (non-hydrogen) atoms. The summed E-state index contributed by atoms with van der Waals surface area (Å²) in [4.78, 5) is 49.0. The second-order valence-corrected chi connectivity index (χ2v) is 6.62. The number of carbonyl (C=O) groups excluding carboxylic acids is 3. The fourth-order valence-corrected chi connectivity index (χ4v) is 3.01. The van der Waals surface area contributed by atoms with Gasteiger partial charge in [-0.05, 0) is 31.0 Å². The molecule has 1 aromatic carbocycles. The van der Waals surface area contributed by atoms with E-state index in [9.17, 15) is 32.3 Å². The van der Waals surface area contributed by atoms with Crippen LogP contribution in [-0.2, 0) is 22.3 Å². The summed E-state index contributed by atoms with van der Waals surface area (Å²) in [6.07, 6.45) is -3.37. The molecule has 2 heterocycles. The molecule has 0 atom stereocenters. The molecule has 0 unspecified atom stereocenters. The number of rotatable bonds is 7. The number of imide groups is 1. The Balaban J connectivity index is 1.45. The molecule has 0 radical (unpaired) electrons. The lowest BCUT2D eigenvalue weighted by atomic mass is 10.1. The molecular formula is C20H17F3N2O5. The zero-order valence-electron chi connectivity index (χ0n) is 15.6. The summed E-state index contributed by atoms with van der Waals surface area (Å²) in [6, 6.07) is 7.87. The number of alkyl halides is 3. The molecule has 0 fully saturated rings. The lowest BCUT2D eigenvalue weighted by molar-refractivity contribution is -0.145. The van der Waals surface area contributed by atoms with E-state index in [1.165, 1.54) is 0 Å². The number of unbranched alkanes of at least 4 members (excludes halogenated alkanes) is 1. The van der Waals surface area contributed by atoms with Crippen molar-refractivity contribution in [3.63, 3.8) is 0 Å². The summed E-state index contributed by atoms with van der Waals surface area (Å²) in [5.74, 6) is -1.62. The number of hydrogen-bond acceptors (Lipinski definition) is 5. The van der Waals surface area contributed by atoms with Gasteiger partial charge in [-0.1, -0.05) is 12.1 Å². The first-order valence-corrected chi connectivity index (χ1v) is 9.07. The van der Waals surface area contributed by atoms with Crippen molar-refractivity contribution in [2.45, 2.75) is 25.6 Å². The summed E-state index contributed by atoms with van der Waals surface area (Å²) >= 11 is 0. The van der Waals surface area contributed by atoms with Crippen molar-refractivity contribution in [1.82, 2.24) is 9.47 Å². The van der Waals surface area contributed by atoms with Gasteiger partial charge >= 0.3 is 12.1 Å². The third-order valence-corrected chi connectivity index (χ3v) is 4.53. The van der Waals surface area contributed by atoms with Gasteiger partial charge in [0.05, 0.1) is 23.3 Å². The fraction of sp³-hybridized carbons (Fsp3) is 0.300. The molecule has 3 rings (SSSR count). The fourth-order valence-electron chi connectivity index (χ4n) is 3.01. The van der Waals surface area contributed by atoms with Crippen LogP contribution >= 0.6 is 0 Å². The van der Waals surface area contributed by atoms with Gasteiger partial charge in [-0.2, -0.15) is 13.2 Å². The molecule has 0 aliphatic carbocycles. The number of carbonyl (C=O) groups is 3. The van der Waals surface area contributed by atoms with E-state index in [-0.39, 0.29) is 25.0 Å². The highest BCUT2D eigenvalue weighted by Gasteiger charge is 2.34. The van der Waals surface area contributed by atoms with E-state index >= 15 is 0 Å². The number of ether oxygens (including phenoxy) is 1. The highest BCUT2D eigenvalue weighted by atomic mass is 19.4. The van der Waals surface area contributed by atoms with E-state index in [1.54, 1.807) is 24.3 Å². The van der Waals surface area contributed by atoms with Gasteiger partial charge in [0.2, 0.25) is 0 Å². The van der Waals surface area contributed by atoms with Crippen LogP contribution in [0.1, 0.15) is 39.1 Å². The minimum atomic E-state index is -4.64. The lowest BCUT2D eigenvalue weighted by Crippen LogP contribution is -2.31. The molecule has 0 spiro atoms. The van der Waals surface area contributed by atoms with E-state index in [1.807, 2.05) is 0 Å². The van der Waals surface area contributed by atoms with E-state index in [0.29, 0.717) is 40.8 Å². The standard InChI is InChI=1S/C20H17F3N2O5/c21-20(22,23)13-7-8-16(26)24(11-13)12-17(27)30-10-4-3-9-25-18(28)14-5-1-2-6-15(14)19(25)29/h1-2,5-8,11H,3-4,9-10,12H2. The Labute approximate surface area is 168 Å². The smallest absolute Gasteiger partial charge is 0.417 e. The van der Waals surface area contributed by atoms with Gasteiger partial charge in [0.15, 0.2) is 0 Å². The van der Waals surface area contributed by atoms with Crippen LogP contribution < -0.4 is 5.56 Å². The largest absolute Gasteiger partial charge is 0.464 e. The number of pyridine rings is 1. The number of amides is 2. The van der Waals surface area contributed by atoms with Gasteiger partial charge < -0.3 is 9.30 Å². The molecule has 0 saturated carbocycles. The molecule has 2 aromatic rings. The summed E-state index contributed by atoms with van der Waals surface area (Å²) in [5, 5.41) is 0. The van der Waals surface area contributed by atoms with Crippen LogP contribution in [0.3, 0.4) is 0 Å². The minimum Gasteiger partial charge on any atom is -0.464 e. The second-order valence-electron chi connectivity index (χ2n) is 6.62. The molecule has 2 amide bonds. The first kappa shape index (κ1) is 21.3. The molecule has 0 saturated heterocycles. The molecular weight excluding hydrogens is 405 g/mol. The second kappa shape index (κ2) is 8.52. The van der Waals surface area contributed by atoms with Crippen LogP contribution in [0.5, 0.6) is 0 Å².